The van der Waals surface area contributed by atoms with Crippen LogP contribution in [-0.2, 0) is 15.5 Å². The van der Waals surface area contributed by atoms with Crippen molar-refractivity contribution in [2.24, 2.45) is 0 Å². The Balaban J connectivity index is 3.03. The van der Waals surface area contributed by atoms with Crippen LogP contribution in [0.25, 0.3) is 0 Å². The molecule has 0 aromatic heterocycles. The second-order valence-corrected chi connectivity index (χ2v) is 6.55. The van der Waals surface area contributed by atoms with Gasteiger partial charge < -0.3 is 4.18 Å². The van der Waals surface area contributed by atoms with Crippen molar-refractivity contribution in [2.45, 2.75) is 39.5 Å². The average molecular weight is 256 g/mol. The molecule has 1 aromatic carbocycles. The van der Waals surface area contributed by atoms with Gasteiger partial charge in [-0.1, -0.05) is 32.9 Å². The van der Waals surface area contributed by atoms with Crippen LogP contribution in [-0.4, -0.2) is 14.2 Å². The fourth-order valence-corrected chi connectivity index (χ4v) is 1.89. The van der Waals surface area contributed by atoms with Gasteiger partial charge in [0, 0.05) is 0 Å². The minimum Gasteiger partial charge on any atom is -0.382 e. The molecule has 0 radical (unpaired) electrons. The van der Waals surface area contributed by atoms with Gasteiger partial charge in [-0.15, -0.1) is 0 Å². The first-order valence-corrected chi connectivity index (χ1v) is 7.41. The summed E-state index contributed by atoms with van der Waals surface area (Å²) in [6.07, 6.45) is 0.983. The average Bonchev–Trinajstić information content (AvgIpc) is 2.29. The molecule has 0 amide bonds. The third-order valence-corrected chi connectivity index (χ3v) is 4.23. The normalized spacial score (nSPS) is 12.5. The Bertz CT molecular complexity index is 475. The molecule has 0 spiro atoms. The molecule has 0 fully saturated rings. The van der Waals surface area contributed by atoms with Crippen LogP contribution in [0, 0.1) is 0 Å². The number of hydrogen-bond acceptors (Lipinski definition) is 3. The largest absolute Gasteiger partial charge is 0.382 e. The van der Waals surface area contributed by atoms with Crippen molar-refractivity contribution in [3.8, 4) is 5.75 Å². The lowest BCUT2D eigenvalue weighted by Crippen LogP contribution is -2.16. The molecule has 0 atom stereocenters. The van der Waals surface area contributed by atoms with E-state index in [9.17, 15) is 8.42 Å². The summed E-state index contributed by atoms with van der Waals surface area (Å²) in [6, 6.07) is 7.29. The van der Waals surface area contributed by atoms with Gasteiger partial charge in [0.1, 0.15) is 5.75 Å². The first-order valence-electron chi connectivity index (χ1n) is 5.83. The van der Waals surface area contributed by atoms with Gasteiger partial charge in [0.25, 0.3) is 0 Å². The van der Waals surface area contributed by atoms with Crippen molar-refractivity contribution >= 4 is 10.1 Å². The minimum absolute atomic E-state index is 0.0194. The van der Waals surface area contributed by atoms with E-state index in [2.05, 4.69) is 20.8 Å². The lowest BCUT2D eigenvalue weighted by molar-refractivity contribution is 0.479. The zero-order valence-corrected chi connectivity index (χ0v) is 11.7. The van der Waals surface area contributed by atoms with Crippen LogP contribution in [0.5, 0.6) is 5.75 Å². The molecule has 0 saturated heterocycles. The fourth-order valence-electron chi connectivity index (χ4n) is 1.38. The smallest absolute Gasteiger partial charge is 0.308 e. The van der Waals surface area contributed by atoms with Gasteiger partial charge in [0.2, 0.25) is 0 Å². The zero-order chi connectivity index (χ0) is 13.1. The molecule has 1 rings (SSSR count). The molecule has 3 nitrogen and oxygen atoms in total. The topological polar surface area (TPSA) is 43.4 Å². The van der Waals surface area contributed by atoms with Crippen molar-refractivity contribution in [2.75, 3.05) is 5.75 Å². The molecule has 1 aromatic rings. The molecule has 4 heteroatoms. The van der Waals surface area contributed by atoms with E-state index in [1.807, 2.05) is 12.1 Å². The summed E-state index contributed by atoms with van der Waals surface area (Å²) in [4.78, 5) is 0. The van der Waals surface area contributed by atoms with E-state index >= 15 is 0 Å². The van der Waals surface area contributed by atoms with Crippen molar-refractivity contribution in [1.29, 1.82) is 0 Å². The zero-order valence-electron chi connectivity index (χ0n) is 10.9. The monoisotopic (exact) mass is 256 g/mol. The van der Waals surface area contributed by atoms with Crippen molar-refractivity contribution in [3.63, 3.8) is 0 Å². The summed E-state index contributed by atoms with van der Waals surface area (Å²) in [5, 5.41) is 0. The van der Waals surface area contributed by atoms with Gasteiger partial charge in [0.05, 0.1) is 5.75 Å². The highest BCUT2D eigenvalue weighted by Crippen LogP contribution is 2.29. The third-order valence-electron chi connectivity index (χ3n) is 3.08. The first kappa shape index (κ1) is 14.0. The molecular weight excluding hydrogens is 236 g/mol. The molecule has 0 heterocycles. The Kier molecular flexibility index (Phi) is 4.20. The molecule has 96 valence electrons. The van der Waals surface area contributed by atoms with Crippen LogP contribution in [0.15, 0.2) is 24.3 Å². The van der Waals surface area contributed by atoms with Crippen LogP contribution in [0.2, 0.25) is 0 Å². The Labute approximate surface area is 104 Å². The summed E-state index contributed by atoms with van der Waals surface area (Å²) in [5.41, 5.74) is 1.11. The lowest BCUT2D eigenvalue weighted by atomic mass is 9.82. The van der Waals surface area contributed by atoms with E-state index in [0.29, 0.717) is 5.75 Å². The van der Waals surface area contributed by atoms with Crippen LogP contribution >= 0.6 is 0 Å². The Morgan fingerprint density at radius 1 is 1.24 bits per heavy atom. The maximum atomic E-state index is 11.4. The van der Waals surface area contributed by atoms with Gasteiger partial charge >= 0.3 is 10.1 Å². The highest BCUT2D eigenvalue weighted by Gasteiger charge is 2.19. The summed E-state index contributed by atoms with van der Waals surface area (Å²) in [5.74, 6) is 0.375. The summed E-state index contributed by atoms with van der Waals surface area (Å²) in [7, 11) is -3.44. The fraction of sp³-hybridized carbons (Fsp3) is 0.538. The van der Waals surface area contributed by atoms with E-state index in [0.717, 1.165) is 12.0 Å². The molecule has 0 unspecified atom stereocenters. The van der Waals surface area contributed by atoms with E-state index in [1.165, 1.54) is 0 Å². The predicted molar refractivity (Wildman–Crippen MR) is 69.8 cm³/mol. The molecule has 0 bridgehead atoms. The molecule has 0 aliphatic heterocycles. The predicted octanol–water partition coefficient (Wildman–Crippen LogP) is 3.10. The van der Waals surface area contributed by atoms with E-state index in [4.69, 9.17) is 4.18 Å². The maximum Gasteiger partial charge on any atom is 0.308 e. The Morgan fingerprint density at radius 2 is 1.88 bits per heavy atom. The number of rotatable bonds is 5. The van der Waals surface area contributed by atoms with Crippen molar-refractivity contribution < 1.29 is 12.6 Å². The highest BCUT2D eigenvalue weighted by molar-refractivity contribution is 7.87. The van der Waals surface area contributed by atoms with Crippen molar-refractivity contribution in [3.05, 3.63) is 29.8 Å². The molecular formula is C13H20O3S. The third kappa shape index (κ3) is 3.73. The molecule has 0 aliphatic rings. The van der Waals surface area contributed by atoms with Crippen molar-refractivity contribution in [1.82, 2.24) is 0 Å². The summed E-state index contributed by atoms with van der Waals surface area (Å²) >= 11 is 0. The summed E-state index contributed by atoms with van der Waals surface area (Å²) < 4.78 is 27.8. The molecule has 0 N–H and O–H groups in total. The van der Waals surface area contributed by atoms with Gasteiger partial charge in [-0.3, -0.25) is 0 Å². The van der Waals surface area contributed by atoms with Crippen LogP contribution in [0.3, 0.4) is 0 Å². The van der Waals surface area contributed by atoms with Crippen LogP contribution in [0.1, 0.15) is 39.7 Å². The standard InChI is InChI=1S/C13H20O3S/c1-5-13(3,4)11-8-7-9-12(10-11)16-17(14,15)6-2/h7-10H,5-6H2,1-4H3. The van der Waals surface area contributed by atoms with E-state index < -0.39 is 10.1 Å². The minimum atomic E-state index is -3.44. The lowest BCUT2D eigenvalue weighted by Gasteiger charge is -2.23. The quantitative estimate of drug-likeness (QED) is 0.760. The first-order chi connectivity index (χ1) is 7.80. The SMILES string of the molecule is CCC(C)(C)c1cccc(OS(=O)(=O)CC)c1. The molecule has 0 aliphatic carbocycles. The molecule has 17 heavy (non-hydrogen) atoms. The number of hydrogen-bond donors (Lipinski definition) is 0. The van der Waals surface area contributed by atoms with E-state index in [1.54, 1.807) is 19.1 Å². The summed E-state index contributed by atoms with van der Waals surface area (Å²) in [6.45, 7) is 7.92. The Hall–Kier alpha value is -1.03. The second kappa shape index (κ2) is 5.08. The second-order valence-electron chi connectivity index (χ2n) is 4.69. The Morgan fingerprint density at radius 3 is 2.41 bits per heavy atom. The van der Waals surface area contributed by atoms with Gasteiger partial charge in [-0.2, -0.15) is 8.42 Å². The number of benzene rings is 1. The van der Waals surface area contributed by atoms with Crippen LogP contribution in [0.4, 0.5) is 0 Å². The van der Waals surface area contributed by atoms with Gasteiger partial charge in [0.15, 0.2) is 0 Å². The van der Waals surface area contributed by atoms with Crippen LogP contribution < -0.4 is 4.18 Å². The molecule has 0 saturated carbocycles. The highest BCUT2D eigenvalue weighted by atomic mass is 32.2. The van der Waals surface area contributed by atoms with E-state index in [-0.39, 0.29) is 11.2 Å². The van der Waals surface area contributed by atoms with Gasteiger partial charge in [-0.05, 0) is 36.5 Å². The van der Waals surface area contributed by atoms with Gasteiger partial charge in [-0.25, -0.2) is 0 Å². The maximum absolute atomic E-state index is 11.4.